The third kappa shape index (κ3) is 4.29. The first-order chi connectivity index (χ1) is 14.1. The molecule has 8 heteroatoms. The van der Waals surface area contributed by atoms with E-state index < -0.39 is 10.0 Å². The number of hydrogen-bond acceptors (Lipinski definition) is 6. The summed E-state index contributed by atoms with van der Waals surface area (Å²) in [4.78, 5) is 4.96. The largest absolute Gasteiger partial charge is 0.495 e. The second-order valence-corrected chi connectivity index (χ2v) is 9.65. The van der Waals surface area contributed by atoms with Crippen molar-refractivity contribution < 1.29 is 13.2 Å². The van der Waals surface area contributed by atoms with Gasteiger partial charge < -0.3 is 10.1 Å². The lowest BCUT2D eigenvalue weighted by Gasteiger charge is -2.25. The number of benzene rings is 2. The van der Waals surface area contributed by atoms with Gasteiger partial charge in [0.15, 0.2) is 5.13 Å². The summed E-state index contributed by atoms with van der Waals surface area (Å²) in [5.41, 5.74) is 2.53. The normalized spacial score (nSPS) is 15.2. The number of sulfonamides is 1. The number of para-hydroxylation sites is 2. The Morgan fingerprint density at radius 1 is 1.03 bits per heavy atom. The highest BCUT2D eigenvalue weighted by Gasteiger charge is 2.25. The average Bonchev–Trinajstić information content (AvgIpc) is 3.23. The van der Waals surface area contributed by atoms with Gasteiger partial charge in [0.2, 0.25) is 10.0 Å². The molecule has 6 nitrogen and oxygen atoms in total. The molecule has 1 aliphatic heterocycles. The molecule has 0 bridgehead atoms. The summed E-state index contributed by atoms with van der Waals surface area (Å²) in [6, 6.07) is 14.6. The number of thiazole rings is 1. The van der Waals surface area contributed by atoms with Crippen LogP contribution in [0.15, 0.2) is 58.8 Å². The summed E-state index contributed by atoms with van der Waals surface area (Å²) in [6.07, 6.45) is 2.95. The lowest BCUT2D eigenvalue weighted by atomic mass is 10.2. The van der Waals surface area contributed by atoms with Crippen molar-refractivity contribution in [1.29, 1.82) is 0 Å². The van der Waals surface area contributed by atoms with Gasteiger partial charge in [-0.05, 0) is 37.1 Å². The van der Waals surface area contributed by atoms with Crippen LogP contribution in [0.5, 0.6) is 5.75 Å². The van der Waals surface area contributed by atoms with E-state index in [-0.39, 0.29) is 0 Å². The molecule has 2 aromatic carbocycles. The van der Waals surface area contributed by atoms with E-state index in [1.807, 2.05) is 41.8 Å². The first-order valence-corrected chi connectivity index (χ1v) is 11.9. The molecule has 0 unspecified atom stereocenters. The Bertz CT molecular complexity index is 1070. The van der Waals surface area contributed by atoms with Crippen molar-refractivity contribution in [2.45, 2.75) is 24.2 Å². The van der Waals surface area contributed by atoms with Crippen molar-refractivity contribution in [3.05, 3.63) is 53.9 Å². The minimum Gasteiger partial charge on any atom is -0.495 e. The number of rotatable bonds is 6. The van der Waals surface area contributed by atoms with Gasteiger partial charge in [0.05, 0.1) is 23.4 Å². The molecule has 1 aromatic heterocycles. The smallest absolute Gasteiger partial charge is 0.243 e. The van der Waals surface area contributed by atoms with Gasteiger partial charge >= 0.3 is 0 Å². The number of aromatic nitrogens is 1. The summed E-state index contributed by atoms with van der Waals surface area (Å²) >= 11 is 1.49. The fourth-order valence-electron chi connectivity index (χ4n) is 3.38. The van der Waals surface area contributed by atoms with E-state index in [1.165, 1.54) is 11.3 Å². The summed E-state index contributed by atoms with van der Waals surface area (Å²) < 4.78 is 32.5. The van der Waals surface area contributed by atoms with E-state index in [4.69, 9.17) is 4.74 Å². The Hall–Kier alpha value is -2.42. The molecule has 2 heterocycles. The average molecular weight is 430 g/mol. The maximum Gasteiger partial charge on any atom is 0.243 e. The first kappa shape index (κ1) is 19.9. The molecule has 1 aliphatic rings. The maximum absolute atomic E-state index is 12.8. The molecule has 4 rings (SSSR count). The van der Waals surface area contributed by atoms with Gasteiger partial charge in [-0.3, -0.25) is 0 Å². The van der Waals surface area contributed by atoms with E-state index in [0.717, 1.165) is 47.1 Å². The molecule has 1 N–H and O–H groups in total. The third-order valence-electron chi connectivity index (χ3n) is 4.96. The number of nitrogens with zero attached hydrogens (tertiary/aromatic N) is 2. The Kier molecular flexibility index (Phi) is 5.84. The van der Waals surface area contributed by atoms with Crippen LogP contribution in [0.25, 0.3) is 11.3 Å². The zero-order valence-electron chi connectivity index (χ0n) is 16.2. The topological polar surface area (TPSA) is 71.5 Å². The van der Waals surface area contributed by atoms with E-state index in [9.17, 15) is 8.42 Å². The molecule has 3 aromatic rings. The van der Waals surface area contributed by atoms with Crippen LogP contribution in [0.1, 0.15) is 19.3 Å². The second kappa shape index (κ2) is 8.52. The fraction of sp³-hybridized carbons (Fsp3) is 0.286. The maximum atomic E-state index is 12.8. The zero-order valence-corrected chi connectivity index (χ0v) is 17.8. The monoisotopic (exact) mass is 429 g/mol. The molecule has 29 heavy (non-hydrogen) atoms. The van der Waals surface area contributed by atoms with Gasteiger partial charge in [0.1, 0.15) is 5.75 Å². The molecule has 0 aliphatic carbocycles. The summed E-state index contributed by atoms with van der Waals surface area (Å²) in [7, 11) is -1.78. The van der Waals surface area contributed by atoms with E-state index >= 15 is 0 Å². The lowest BCUT2D eigenvalue weighted by Crippen LogP contribution is -2.35. The Balaban J connectivity index is 1.51. The van der Waals surface area contributed by atoms with E-state index in [0.29, 0.717) is 18.0 Å². The lowest BCUT2D eigenvalue weighted by molar-refractivity contribution is 0.346. The van der Waals surface area contributed by atoms with Gasteiger partial charge in [-0.2, -0.15) is 4.31 Å². The number of hydrogen-bond donors (Lipinski definition) is 1. The Labute approximate surface area is 175 Å². The molecular formula is C21H23N3O3S2. The van der Waals surface area contributed by atoms with Crippen molar-refractivity contribution in [2.75, 3.05) is 25.5 Å². The highest BCUT2D eigenvalue weighted by Crippen LogP contribution is 2.31. The number of nitrogens with one attached hydrogen (secondary N) is 1. The quantitative estimate of drug-likeness (QED) is 0.613. The molecule has 0 amide bonds. The molecule has 0 saturated carbocycles. The van der Waals surface area contributed by atoms with Crippen molar-refractivity contribution in [2.24, 2.45) is 0 Å². The van der Waals surface area contributed by atoms with Crippen molar-refractivity contribution in [3.63, 3.8) is 0 Å². The number of anilines is 2. The fourth-order valence-corrected chi connectivity index (χ4v) is 5.63. The van der Waals surface area contributed by atoms with Gasteiger partial charge in [0.25, 0.3) is 0 Å². The molecule has 0 spiro atoms. The van der Waals surface area contributed by atoms with E-state index in [1.54, 1.807) is 23.5 Å². The van der Waals surface area contributed by atoms with Crippen molar-refractivity contribution in [3.8, 4) is 17.0 Å². The standard InChI is InChI=1S/C21H23N3O3S2/c1-27-20-8-4-3-7-18(20)22-21-23-19(15-28-21)16-9-11-17(12-10-16)29(25,26)24-13-5-2-6-14-24/h3-4,7-12,15H,2,5-6,13-14H2,1H3,(H,22,23). The minimum atomic E-state index is -3.41. The van der Waals surface area contributed by atoms with Crippen LogP contribution >= 0.6 is 11.3 Å². The predicted octanol–water partition coefficient (Wildman–Crippen LogP) is 4.74. The van der Waals surface area contributed by atoms with Crippen LogP contribution in [-0.4, -0.2) is 37.9 Å². The summed E-state index contributed by atoms with van der Waals surface area (Å²) in [6.45, 7) is 1.21. The van der Waals surface area contributed by atoms with Gasteiger partial charge in [-0.25, -0.2) is 13.4 Å². The minimum absolute atomic E-state index is 0.339. The van der Waals surface area contributed by atoms with Crippen LogP contribution in [0.3, 0.4) is 0 Å². The Morgan fingerprint density at radius 3 is 2.48 bits per heavy atom. The van der Waals surface area contributed by atoms with E-state index in [2.05, 4.69) is 10.3 Å². The SMILES string of the molecule is COc1ccccc1Nc1nc(-c2ccc(S(=O)(=O)N3CCCCC3)cc2)cs1. The molecule has 0 atom stereocenters. The second-order valence-electron chi connectivity index (χ2n) is 6.85. The van der Waals surface area contributed by atoms with Gasteiger partial charge in [0, 0.05) is 24.0 Å². The third-order valence-corrected chi connectivity index (χ3v) is 7.63. The van der Waals surface area contributed by atoms with Crippen LogP contribution in [0.2, 0.25) is 0 Å². The van der Waals surface area contributed by atoms with Crippen LogP contribution in [0.4, 0.5) is 10.8 Å². The molecule has 1 saturated heterocycles. The van der Waals surface area contributed by atoms with Crippen LogP contribution < -0.4 is 10.1 Å². The Morgan fingerprint density at radius 2 is 1.76 bits per heavy atom. The first-order valence-electron chi connectivity index (χ1n) is 9.54. The molecule has 1 fully saturated rings. The molecule has 152 valence electrons. The van der Waals surface area contributed by atoms with Gasteiger partial charge in [-0.15, -0.1) is 11.3 Å². The molecular weight excluding hydrogens is 406 g/mol. The van der Waals surface area contributed by atoms with Crippen molar-refractivity contribution >= 4 is 32.2 Å². The van der Waals surface area contributed by atoms with Crippen LogP contribution in [0, 0.1) is 0 Å². The summed E-state index contributed by atoms with van der Waals surface area (Å²) in [5, 5.41) is 5.97. The number of piperidine rings is 1. The zero-order chi connectivity index (χ0) is 20.3. The summed E-state index contributed by atoms with van der Waals surface area (Å²) in [5.74, 6) is 0.747. The highest BCUT2D eigenvalue weighted by molar-refractivity contribution is 7.89. The predicted molar refractivity (Wildman–Crippen MR) is 116 cm³/mol. The van der Waals surface area contributed by atoms with Gasteiger partial charge in [-0.1, -0.05) is 30.7 Å². The molecule has 0 radical (unpaired) electrons. The number of ether oxygens (including phenoxy) is 1. The number of methoxy groups -OCH3 is 1. The van der Waals surface area contributed by atoms with Crippen LogP contribution in [-0.2, 0) is 10.0 Å². The highest BCUT2D eigenvalue weighted by atomic mass is 32.2. The van der Waals surface area contributed by atoms with Crippen molar-refractivity contribution in [1.82, 2.24) is 9.29 Å².